The molecule has 3 fully saturated rings. The van der Waals surface area contributed by atoms with Gasteiger partial charge in [-0.25, -0.2) is 0 Å². The van der Waals surface area contributed by atoms with E-state index in [1.807, 2.05) is 152 Å². The maximum absolute atomic E-state index is 13.0. The summed E-state index contributed by atoms with van der Waals surface area (Å²) in [6, 6.07) is 47.7. The molecule has 3 aliphatic rings. The molecule has 5 aromatic carbocycles. The van der Waals surface area contributed by atoms with Crippen molar-refractivity contribution >= 4 is 5.91 Å². The topological polar surface area (TPSA) is 132 Å². The number of amides is 1. The minimum Gasteiger partial charge on any atom is -0.385 e. The number of nitrogens with one attached hydrogen (secondary N) is 1. The lowest BCUT2D eigenvalue weighted by Gasteiger charge is -2.51. The number of hydrogen-bond acceptors (Lipinski definition) is 11. The Morgan fingerprint density at radius 1 is 0.607 bits per heavy atom. The molecule has 11 atom stereocenters. The first kappa shape index (κ1) is 42.8. The highest BCUT2D eigenvalue weighted by Crippen LogP contribution is 2.38. The summed E-state index contributed by atoms with van der Waals surface area (Å²) in [5.74, 6) is -0.316. The molecule has 1 amide bonds. The quantitative estimate of drug-likeness (QED) is 0.108. The van der Waals surface area contributed by atoms with E-state index in [9.17, 15) is 9.90 Å². The molecule has 12 heteroatoms. The summed E-state index contributed by atoms with van der Waals surface area (Å²) in [7, 11) is 0. The first-order valence-corrected chi connectivity index (χ1v) is 20.8. The van der Waals surface area contributed by atoms with Crippen LogP contribution in [-0.2, 0) is 73.9 Å². The van der Waals surface area contributed by atoms with Gasteiger partial charge in [0.1, 0.15) is 48.8 Å². The number of carbonyl (C=O) groups excluding carboxylic acids is 1. The van der Waals surface area contributed by atoms with Crippen LogP contribution < -0.4 is 5.32 Å². The van der Waals surface area contributed by atoms with E-state index in [1.165, 1.54) is 6.92 Å². The first-order chi connectivity index (χ1) is 30.0. The van der Waals surface area contributed by atoms with E-state index in [1.54, 1.807) is 0 Å². The minimum absolute atomic E-state index is 0.0521. The largest absolute Gasteiger partial charge is 0.385 e. The zero-order valence-electron chi connectivity index (χ0n) is 34.1. The lowest BCUT2D eigenvalue weighted by molar-refractivity contribution is -0.387. The summed E-state index contributed by atoms with van der Waals surface area (Å²) < 4.78 is 59.1. The Labute approximate surface area is 356 Å². The third-order valence-electron chi connectivity index (χ3n) is 10.9. The average molecular weight is 832 g/mol. The summed E-state index contributed by atoms with van der Waals surface area (Å²) in [4.78, 5) is 13.0. The molecule has 5 aromatic rings. The van der Waals surface area contributed by atoms with Gasteiger partial charge in [-0.2, -0.15) is 0 Å². The van der Waals surface area contributed by atoms with Crippen molar-refractivity contribution in [3.8, 4) is 0 Å². The molecule has 3 saturated heterocycles. The zero-order chi connectivity index (χ0) is 41.8. The standard InChI is InChI=1S/C49H53NO11/c1-33(51)50-41-45(54-28-35-19-9-3-10-20-35)43(39(31-53-27-34-17-7-2-8-18-34)58-48(41)56-30-37-23-13-5-14-24-37)61-49-42(52)46(55-29-36-21-11-4-12-22-36)44-40(59-49)32-57-47(60-44)38-25-15-6-16-26-38/h2-26,39-49,52H,27-32H2,1H3,(H,50,51)/t39-,40-,41-,42-,43-,44+,45-,46-,47?,48+,49+/m1/s1. The van der Waals surface area contributed by atoms with Gasteiger partial charge < -0.3 is 53.1 Å². The number of hydrogen-bond donors (Lipinski definition) is 2. The van der Waals surface area contributed by atoms with E-state index in [0.29, 0.717) is 6.61 Å². The van der Waals surface area contributed by atoms with Crippen molar-refractivity contribution in [2.45, 2.75) is 101 Å². The molecule has 0 bridgehead atoms. The summed E-state index contributed by atoms with van der Waals surface area (Å²) >= 11 is 0. The van der Waals surface area contributed by atoms with Crippen LogP contribution in [0.2, 0.25) is 0 Å². The van der Waals surface area contributed by atoms with E-state index in [2.05, 4.69) is 5.32 Å². The summed E-state index contributed by atoms with van der Waals surface area (Å²) in [6.07, 6.45) is -9.25. The molecule has 2 N–H and O–H groups in total. The van der Waals surface area contributed by atoms with Crippen molar-refractivity contribution in [1.82, 2.24) is 5.32 Å². The number of aliphatic hydroxyl groups is 1. The molecule has 61 heavy (non-hydrogen) atoms. The molecule has 1 unspecified atom stereocenters. The highest BCUT2D eigenvalue weighted by atomic mass is 16.8. The van der Waals surface area contributed by atoms with Crippen molar-refractivity contribution in [1.29, 1.82) is 0 Å². The first-order valence-electron chi connectivity index (χ1n) is 20.8. The van der Waals surface area contributed by atoms with Crippen LogP contribution in [0.1, 0.15) is 41.0 Å². The normalized spacial score (nSPS) is 28.7. The van der Waals surface area contributed by atoms with Gasteiger partial charge in [-0.15, -0.1) is 0 Å². The lowest BCUT2D eigenvalue weighted by atomic mass is 9.94. The fourth-order valence-corrected chi connectivity index (χ4v) is 7.88. The number of carbonyl (C=O) groups is 1. The lowest BCUT2D eigenvalue weighted by Crippen LogP contribution is -2.68. The van der Waals surface area contributed by atoms with Gasteiger partial charge in [-0.1, -0.05) is 152 Å². The van der Waals surface area contributed by atoms with Crippen LogP contribution in [-0.4, -0.2) is 85.6 Å². The van der Waals surface area contributed by atoms with E-state index in [-0.39, 0.29) is 38.9 Å². The van der Waals surface area contributed by atoms with Crippen LogP contribution in [0.25, 0.3) is 0 Å². The molecule has 0 spiro atoms. The SMILES string of the molecule is CC(=O)N[C@H]1[C@@H](OCc2ccccc2)O[C@H](COCc2ccccc2)[C@@H](O[C@@H]2O[C@@H]3COC(c4ccccc4)O[C@@H]3[C@H](OCc3ccccc3)[C@H]2O)[C@@H]1OCc1ccccc1. The van der Waals surface area contributed by atoms with Gasteiger partial charge in [0.05, 0.1) is 39.6 Å². The molecule has 320 valence electrons. The van der Waals surface area contributed by atoms with Crippen molar-refractivity contribution in [3.63, 3.8) is 0 Å². The van der Waals surface area contributed by atoms with Gasteiger partial charge in [0.2, 0.25) is 5.91 Å². The summed E-state index contributed by atoms with van der Waals surface area (Å²) in [6.45, 7) is 2.51. The Kier molecular flexibility index (Phi) is 15.0. The van der Waals surface area contributed by atoms with Crippen molar-refractivity contribution < 1.29 is 52.5 Å². The molecular weight excluding hydrogens is 779 g/mol. The number of fused-ring (bicyclic) bond motifs is 1. The van der Waals surface area contributed by atoms with Crippen LogP contribution in [0.3, 0.4) is 0 Å². The molecule has 0 aliphatic carbocycles. The molecule has 0 aromatic heterocycles. The van der Waals surface area contributed by atoms with Crippen LogP contribution >= 0.6 is 0 Å². The van der Waals surface area contributed by atoms with E-state index >= 15 is 0 Å². The van der Waals surface area contributed by atoms with Gasteiger partial charge in [-0.3, -0.25) is 4.79 Å². The summed E-state index contributed by atoms with van der Waals surface area (Å²) in [5.41, 5.74) is 4.56. The highest BCUT2D eigenvalue weighted by Gasteiger charge is 2.55. The number of rotatable bonds is 17. The van der Waals surface area contributed by atoms with Crippen LogP contribution in [0, 0.1) is 0 Å². The van der Waals surface area contributed by atoms with Crippen molar-refractivity contribution in [2.75, 3.05) is 13.2 Å². The Balaban J connectivity index is 1.11. The van der Waals surface area contributed by atoms with Gasteiger partial charge in [0.15, 0.2) is 18.9 Å². The van der Waals surface area contributed by atoms with E-state index < -0.39 is 67.6 Å². The Morgan fingerprint density at radius 3 is 1.67 bits per heavy atom. The van der Waals surface area contributed by atoms with E-state index in [0.717, 1.165) is 27.8 Å². The van der Waals surface area contributed by atoms with Gasteiger partial charge in [0, 0.05) is 12.5 Å². The molecule has 0 saturated carbocycles. The van der Waals surface area contributed by atoms with E-state index in [4.69, 9.17) is 42.6 Å². The smallest absolute Gasteiger partial charge is 0.217 e. The second kappa shape index (κ2) is 21.3. The number of ether oxygens (including phenoxy) is 9. The summed E-state index contributed by atoms with van der Waals surface area (Å²) in [5, 5.41) is 15.4. The van der Waals surface area contributed by atoms with Gasteiger partial charge in [0.25, 0.3) is 0 Å². The molecule has 8 rings (SSSR count). The Hall–Kier alpha value is -4.83. The Morgan fingerprint density at radius 2 is 1.11 bits per heavy atom. The molecule has 3 aliphatic heterocycles. The third-order valence-corrected chi connectivity index (χ3v) is 10.9. The predicted molar refractivity (Wildman–Crippen MR) is 223 cm³/mol. The molecule has 12 nitrogen and oxygen atoms in total. The molecule has 0 radical (unpaired) electrons. The third kappa shape index (κ3) is 11.4. The average Bonchev–Trinajstić information content (AvgIpc) is 3.30. The van der Waals surface area contributed by atoms with Gasteiger partial charge >= 0.3 is 0 Å². The van der Waals surface area contributed by atoms with Crippen LogP contribution in [0.4, 0.5) is 0 Å². The van der Waals surface area contributed by atoms with Crippen molar-refractivity contribution in [3.05, 3.63) is 179 Å². The fourth-order valence-electron chi connectivity index (χ4n) is 7.88. The maximum Gasteiger partial charge on any atom is 0.217 e. The number of benzene rings is 5. The van der Waals surface area contributed by atoms with Crippen LogP contribution in [0.15, 0.2) is 152 Å². The highest BCUT2D eigenvalue weighted by molar-refractivity contribution is 5.73. The monoisotopic (exact) mass is 831 g/mol. The predicted octanol–water partition coefficient (Wildman–Crippen LogP) is 6.41. The fraction of sp³-hybridized carbons (Fsp3) is 0.367. The van der Waals surface area contributed by atoms with Crippen LogP contribution in [0.5, 0.6) is 0 Å². The second-order valence-corrected chi connectivity index (χ2v) is 15.4. The van der Waals surface area contributed by atoms with Gasteiger partial charge in [-0.05, 0) is 22.3 Å². The molecular formula is C49H53NO11. The minimum atomic E-state index is -1.34. The number of aliphatic hydroxyl groups excluding tert-OH is 1. The Bertz CT molecular complexity index is 2050. The maximum atomic E-state index is 13.0. The molecule has 3 heterocycles. The zero-order valence-corrected chi connectivity index (χ0v) is 34.1. The second-order valence-electron chi connectivity index (χ2n) is 15.4. The van der Waals surface area contributed by atoms with Crippen molar-refractivity contribution in [2.24, 2.45) is 0 Å².